The molecule has 6 rings (SSSR count). The van der Waals surface area contributed by atoms with Gasteiger partial charge in [-0.3, -0.25) is 9.80 Å². The van der Waals surface area contributed by atoms with Crippen LogP contribution in [0, 0.1) is 0 Å². The molecule has 4 aromatic carbocycles. The highest BCUT2D eigenvalue weighted by Crippen LogP contribution is 2.35. The fourth-order valence-electron chi connectivity index (χ4n) is 5.87. The predicted octanol–water partition coefficient (Wildman–Crippen LogP) is 6.55. The smallest absolute Gasteiger partial charge is 0.0594 e. The van der Waals surface area contributed by atoms with Gasteiger partial charge >= 0.3 is 0 Å². The second kappa shape index (κ2) is 13.9. The Balaban J connectivity index is 1.33. The van der Waals surface area contributed by atoms with E-state index in [0.29, 0.717) is 0 Å². The number of ether oxygens (including phenoxy) is 2. The van der Waals surface area contributed by atoms with E-state index >= 15 is 0 Å². The van der Waals surface area contributed by atoms with Crippen LogP contribution in [0.1, 0.15) is 33.4 Å². The Morgan fingerprint density at radius 1 is 0.463 bits per heavy atom. The number of benzene rings is 4. The fourth-order valence-corrected chi connectivity index (χ4v) is 5.87. The topological polar surface area (TPSA) is 24.9 Å². The van der Waals surface area contributed by atoms with Crippen molar-refractivity contribution in [1.29, 1.82) is 0 Å². The number of hydrogen-bond donors (Lipinski definition) is 0. The van der Waals surface area contributed by atoms with Gasteiger partial charge < -0.3 is 9.47 Å². The number of nitrogens with zero attached hydrogens (tertiary/aromatic N) is 2. The maximum Gasteiger partial charge on any atom is 0.0594 e. The van der Waals surface area contributed by atoms with Crippen LogP contribution < -0.4 is 0 Å². The van der Waals surface area contributed by atoms with Crippen molar-refractivity contribution < 1.29 is 9.47 Å². The van der Waals surface area contributed by atoms with Crippen LogP contribution in [0.3, 0.4) is 0 Å². The first-order valence-electron chi connectivity index (χ1n) is 14.9. The average molecular weight is 545 g/mol. The van der Waals surface area contributed by atoms with Gasteiger partial charge in [-0.25, -0.2) is 0 Å². The highest BCUT2D eigenvalue weighted by molar-refractivity contribution is 5.99. The molecule has 2 saturated heterocycles. The van der Waals surface area contributed by atoms with E-state index in [2.05, 4.69) is 119 Å². The molecule has 0 saturated carbocycles. The van der Waals surface area contributed by atoms with Crippen LogP contribution in [0.25, 0.3) is 11.1 Å². The largest absolute Gasteiger partial charge is 0.379 e. The Labute approximate surface area is 244 Å². The maximum atomic E-state index is 5.54. The van der Waals surface area contributed by atoms with Gasteiger partial charge in [-0.15, -0.1) is 0 Å². The zero-order valence-corrected chi connectivity index (χ0v) is 23.9. The van der Waals surface area contributed by atoms with Gasteiger partial charge in [0.05, 0.1) is 26.4 Å². The summed E-state index contributed by atoms with van der Waals surface area (Å²) in [6, 6.07) is 40.2. The molecule has 2 aliphatic rings. The molecule has 0 aromatic heterocycles. The van der Waals surface area contributed by atoms with Crippen molar-refractivity contribution in [2.75, 3.05) is 52.6 Å². The van der Waals surface area contributed by atoms with E-state index in [1.54, 1.807) is 0 Å². The molecule has 2 heterocycles. The second-order valence-electron chi connectivity index (χ2n) is 11.1. The summed E-state index contributed by atoms with van der Waals surface area (Å²) in [5.74, 6) is 0. The lowest BCUT2D eigenvalue weighted by Gasteiger charge is -2.26. The molecule has 4 nitrogen and oxygen atoms in total. The summed E-state index contributed by atoms with van der Waals surface area (Å²) in [5.41, 5.74) is 10.4. The molecule has 4 heteroatoms. The molecule has 2 fully saturated rings. The molecule has 41 heavy (non-hydrogen) atoms. The molecule has 0 amide bonds. The summed E-state index contributed by atoms with van der Waals surface area (Å²) in [5, 5.41) is 0. The molecule has 0 bridgehead atoms. The molecule has 0 spiro atoms. The standard InChI is InChI=1S/C37H40N2O2/c1-3-7-33(8-4-1)36(27-30-11-13-31(14-12-30)28-38-19-23-40-24-20-38)37(34-9-5-2-6-10-34)35-17-15-32(16-18-35)29-39-21-25-41-26-22-39/h1-18H,19-29H2/b37-36-. The van der Waals surface area contributed by atoms with Crippen LogP contribution in [0.4, 0.5) is 0 Å². The first kappa shape index (κ1) is 27.6. The Morgan fingerprint density at radius 3 is 1.39 bits per heavy atom. The van der Waals surface area contributed by atoms with Gasteiger partial charge in [0.1, 0.15) is 0 Å². The van der Waals surface area contributed by atoms with Crippen molar-refractivity contribution in [3.8, 4) is 0 Å². The quantitative estimate of drug-likeness (QED) is 0.223. The van der Waals surface area contributed by atoms with E-state index < -0.39 is 0 Å². The van der Waals surface area contributed by atoms with E-state index in [0.717, 1.165) is 72.1 Å². The van der Waals surface area contributed by atoms with Gasteiger partial charge in [0, 0.05) is 39.3 Å². The predicted molar refractivity (Wildman–Crippen MR) is 168 cm³/mol. The van der Waals surface area contributed by atoms with Crippen LogP contribution in [0.5, 0.6) is 0 Å². The van der Waals surface area contributed by atoms with Gasteiger partial charge in [0.15, 0.2) is 0 Å². The van der Waals surface area contributed by atoms with Gasteiger partial charge in [0.25, 0.3) is 0 Å². The number of hydrogen-bond acceptors (Lipinski definition) is 4. The van der Waals surface area contributed by atoms with Gasteiger partial charge in [-0.1, -0.05) is 109 Å². The van der Waals surface area contributed by atoms with E-state index in [4.69, 9.17) is 9.47 Å². The van der Waals surface area contributed by atoms with Crippen molar-refractivity contribution in [1.82, 2.24) is 9.80 Å². The van der Waals surface area contributed by atoms with Crippen molar-refractivity contribution in [2.24, 2.45) is 0 Å². The molecule has 210 valence electrons. The zero-order chi connectivity index (χ0) is 27.7. The third kappa shape index (κ3) is 7.41. The van der Waals surface area contributed by atoms with Gasteiger partial charge in [-0.2, -0.15) is 0 Å². The van der Waals surface area contributed by atoms with Crippen molar-refractivity contribution in [2.45, 2.75) is 19.5 Å². The van der Waals surface area contributed by atoms with E-state index in [9.17, 15) is 0 Å². The normalized spacial score (nSPS) is 17.3. The highest BCUT2D eigenvalue weighted by atomic mass is 16.5. The third-order valence-corrected chi connectivity index (χ3v) is 8.15. The number of rotatable bonds is 9. The van der Waals surface area contributed by atoms with Gasteiger partial charge in [-0.05, 0) is 50.9 Å². The summed E-state index contributed by atoms with van der Waals surface area (Å²) in [7, 11) is 0. The molecule has 4 aromatic rings. The monoisotopic (exact) mass is 544 g/mol. The van der Waals surface area contributed by atoms with E-state index in [1.807, 2.05) is 0 Å². The first-order chi connectivity index (χ1) is 20.3. The lowest BCUT2D eigenvalue weighted by atomic mass is 9.86. The molecule has 0 unspecified atom stereocenters. The summed E-state index contributed by atoms with van der Waals surface area (Å²) in [4.78, 5) is 4.95. The minimum Gasteiger partial charge on any atom is -0.379 e. The minimum atomic E-state index is 0.827. The zero-order valence-electron chi connectivity index (χ0n) is 23.9. The Kier molecular flexibility index (Phi) is 9.35. The minimum absolute atomic E-state index is 0.827. The van der Waals surface area contributed by atoms with Crippen molar-refractivity contribution in [3.63, 3.8) is 0 Å². The molecule has 2 aliphatic heterocycles. The Morgan fingerprint density at radius 2 is 0.878 bits per heavy atom. The SMILES string of the molecule is c1ccc(/C(Cc2ccc(CN3CCOCC3)cc2)=C(/c2ccccc2)c2ccc(CN3CCOCC3)cc2)cc1. The van der Waals surface area contributed by atoms with Gasteiger partial charge in [0.2, 0.25) is 0 Å². The van der Waals surface area contributed by atoms with Crippen molar-refractivity contribution in [3.05, 3.63) is 143 Å². The van der Waals surface area contributed by atoms with Crippen LogP contribution in [-0.2, 0) is 29.0 Å². The summed E-state index contributed by atoms with van der Waals surface area (Å²) in [6.45, 7) is 9.29. The van der Waals surface area contributed by atoms with Crippen LogP contribution >= 0.6 is 0 Å². The first-order valence-corrected chi connectivity index (χ1v) is 14.9. The van der Waals surface area contributed by atoms with Crippen LogP contribution in [0.15, 0.2) is 109 Å². The summed E-state index contributed by atoms with van der Waals surface area (Å²) >= 11 is 0. The molecular formula is C37H40N2O2. The van der Waals surface area contributed by atoms with E-state index in [1.165, 1.54) is 44.5 Å². The maximum absolute atomic E-state index is 5.54. The lowest BCUT2D eigenvalue weighted by Crippen LogP contribution is -2.35. The van der Waals surface area contributed by atoms with Crippen LogP contribution in [-0.4, -0.2) is 62.4 Å². The number of morpholine rings is 2. The molecular weight excluding hydrogens is 504 g/mol. The van der Waals surface area contributed by atoms with E-state index in [-0.39, 0.29) is 0 Å². The van der Waals surface area contributed by atoms with Crippen LogP contribution in [0.2, 0.25) is 0 Å². The molecule has 0 aliphatic carbocycles. The Bertz CT molecular complexity index is 1390. The molecule has 0 radical (unpaired) electrons. The molecule has 0 N–H and O–H groups in total. The lowest BCUT2D eigenvalue weighted by molar-refractivity contribution is 0.0341. The Hall–Kier alpha value is -3.54. The molecule has 0 atom stereocenters. The number of allylic oxidation sites excluding steroid dienone is 1. The summed E-state index contributed by atoms with van der Waals surface area (Å²) in [6.07, 6.45) is 0.863. The third-order valence-electron chi connectivity index (χ3n) is 8.15. The van der Waals surface area contributed by atoms with Crippen molar-refractivity contribution >= 4 is 11.1 Å². The second-order valence-corrected chi connectivity index (χ2v) is 11.1. The summed E-state index contributed by atoms with van der Waals surface area (Å²) < 4.78 is 11.1. The average Bonchev–Trinajstić information content (AvgIpc) is 3.04. The highest BCUT2D eigenvalue weighted by Gasteiger charge is 2.17. The fraction of sp³-hybridized carbons (Fsp3) is 0.297.